The van der Waals surface area contributed by atoms with Crippen molar-refractivity contribution in [3.05, 3.63) is 70.2 Å². The van der Waals surface area contributed by atoms with Crippen LogP contribution in [0.5, 0.6) is 0 Å². The smallest absolute Gasteiger partial charge is 0.264 e. The molecule has 0 saturated carbocycles. The van der Waals surface area contributed by atoms with Crippen molar-refractivity contribution in [3.63, 3.8) is 0 Å². The number of amides is 1. The summed E-state index contributed by atoms with van der Waals surface area (Å²) in [6, 6.07) is 9.87. The first-order valence-corrected chi connectivity index (χ1v) is 8.77. The molecule has 4 nitrogen and oxygen atoms in total. The highest BCUT2D eigenvalue weighted by Gasteiger charge is 2.17. The van der Waals surface area contributed by atoms with Gasteiger partial charge in [0.05, 0.1) is 28.3 Å². The molecule has 0 aliphatic heterocycles. The van der Waals surface area contributed by atoms with Gasteiger partial charge in [0.25, 0.3) is 5.91 Å². The maximum Gasteiger partial charge on any atom is 0.264 e. The number of hydrogen-bond donors (Lipinski definition) is 0. The van der Waals surface area contributed by atoms with Crippen LogP contribution in [0, 0.1) is 5.82 Å². The molecule has 1 amide bonds. The van der Waals surface area contributed by atoms with E-state index in [9.17, 15) is 9.18 Å². The molecule has 0 bridgehead atoms. The van der Waals surface area contributed by atoms with Crippen LogP contribution in [-0.4, -0.2) is 27.2 Å². The lowest BCUT2D eigenvalue weighted by molar-refractivity contribution is 0.0788. The van der Waals surface area contributed by atoms with Crippen LogP contribution in [-0.2, 0) is 6.54 Å². The number of benzene rings is 1. The quantitative estimate of drug-likeness (QED) is 0.525. The first-order valence-electron chi connectivity index (χ1n) is 7.57. The Kier molecular flexibility index (Phi) is 3.94. The van der Waals surface area contributed by atoms with E-state index in [1.807, 2.05) is 10.5 Å². The molecule has 0 spiro atoms. The number of thiophene rings is 1. The highest BCUT2D eigenvalue weighted by Crippen LogP contribution is 2.27. The fraction of sp³-hybridized carbons (Fsp3) is 0.111. The lowest BCUT2D eigenvalue weighted by atomic mass is 10.2. The minimum Gasteiger partial charge on any atom is -0.335 e. The number of fused-ring (bicyclic) bond motifs is 2. The van der Waals surface area contributed by atoms with Crippen molar-refractivity contribution in [2.24, 2.45) is 0 Å². The largest absolute Gasteiger partial charge is 0.335 e. The summed E-state index contributed by atoms with van der Waals surface area (Å²) in [5.41, 5.74) is 1.64. The molecule has 0 radical (unpaired) electrons. The Bertz CT molecular complexity index is 1100. The molecule has 0 unspecified atom stereocenters. The van der Waals surface area contributed by atoms with E-state index in [1.165, 1.54) is 23.5 Å². The van der Waals surface area contributed by atoms with E-state index in [-0.39, 0.29) is 11.7 Å². The highest BCUT2D eigenvalue weighted by molar-refractivity contribution is 7.20. The third-order valence-corrected chi connectivity index (χ3v) is 5.31. The minimum absolute atomic E-state index is 0.112. The molecule has 126 valence electrons. The van der Waals surface area contributed by atoms with Gasteiger partial charge in [0, 0.05) is 17.9 Å². The summed E-state index contributed by atoms with van der Waals surface area (Å²) in [6.45, 7) is 0.392. The number of aromatic nitrogens is 2. The average molecular weight is 374 g/mol. The van der Waals surface area contributed by atoms with Gasteiger partial charge in [-0.2, -0.15) is 0 Å². The van der Waals surface area contributed by atoms with E-state index in [1.54, 1.807) is 42.5 Å². The zero-order valence-electron chi connectivity index (χ0n) is 13.2. The summed E-state index contributed by atoms with van der Waals surface area (Å²) in [5.74, 6) is -0.418. The second-order valence-corrected chi connectivity index (χ2v) is 7.30. The normalized spacial score (nSPS) is 11.3. The third kappa shape index (κ3) is 2.99. The van der Waals surface area contributed by atoms with Crippen molar-refractivity contribution < 1.29 is 9.18 Å². The molecule has 0 N–H and O–H groups in total. The second kappa shape index (κ2) is 6.13. The number of carbonyl (C=O) groups excluding carboxylic acids is 1. The number of pyridine rings is 1. The van der Waals surface area contributed by atoms with Gasteiger partial charge < -0.3 is 9.30 Å². The first-order chi connectivity index (χ1) is 12.0. The number of nitrogens with zero attached hydrogens (tertiary/aromatic N) is 3. The van der Waals surface area contributed by atoms with Crippen LogP contribution in [0.3, 0.4) is 0 Å². The number of hydrogen-bond acceptors (Lipinski definition) is 3. The van der Waals surface area contributed by atoms with E-state index in [0.717, 1.165) is 21.4 Å². The van der Waals surface area contributed by atoms with Crippen LogP contribution in [0.25, 0.3) is 15.7 Å². The van der Waals surface area contributed by atoms with Crippen molar-refractivity contribution in [2.45, 2.75) is 6.54 Å². The Morgan fingerprint density at radius 3 is 3.00 bits per heavy atom. The summed E-state index contributed by atoms with van der Waals surface area (Å²) in [4.78, 5) is 19.2. The van der Waals surface area contributed by atoms with Crippen molar-refractivity contribution in [1.82, 2.24) is 14.3 Å². The van der Waals surface area contributed by atoms with Crippen LogP contribution in [0.1, 0.15) is 15.4 Å². The van der Waals surface area contributed by atoms with Crippen molar-refractivity contribution in [1.29, 1.82) is 0 Å². The Hall–Kier alpha value is -2.44. The molecular weight excluding hydrogens is 361 g/mol. The molecule has 0 aliphatic carbocycles. The minimum atomic E-state index is -0.305. The average Bonchev–Trinajstić information content (AvgIpc) is 3.17. The predicted molar refractivity (Wildman–Crippen MR) is 97.8 cm³/mol. The fourth-order valence-electron chi connectivity index (χ4n) is 2.74. The summed E-state index contributed by atoms with van der Waals surface area (Å²) in [6.07, 6.45) is 3.51. The predicted octanol–water partition coefficient (Wildman–Crippen LogP) is 4.61. The molecule has 0 saturated heterocycles. The van der Waals surface area contributed by atoms with E-state index >= 15 is 0 Å². The third-order valence-electron chi connectivity index (χ3n) is 3.98. The highest BCUT2D eigenvalue weighted by atomic mass is 35.5. The van der Waals surface area contributed by atoms with Gasteiger partial charge in [-0.05, 0) is 41.8 Å². The van der Waals surface area contributed by atoms with Gasteiger partial charge >= 0.3 is 0 Å². The van der Waals surface area contributed by atoms with Gasteiger partial charge in [-0.3, -0.25) is 4.79 Å². The standard InChI is InChI=1S/C18H13ClFN3OS/c1-22(10-14-8-21-17-5-2-12(19)9-23(14)17)18(24)16-7-11-6-13(20)3-4-15(11)25-16/h2-9H,10H2,1H3. The van der Waals surface area contributed by atoms with Crippen LogP contribution >= 0.6 is 22.9 Å². The number of halogens is 2. The van der Waals surface area contributed by atoms with Crippen molar-refractivity contribution >= 4 is 44.6 Å². The first kappa shape index (κ1) is 16.1. The number of carbonyl (C=O) groups is 1. The molecule has 0 atom stereocenters. The molecular formula is C18H13ClFN3OS. The Balaban J connectivity index is 1.61. The fourth-order valence-corrected chi connectivity index (χ4v) is 3.94. The van der Waals surface area contributed by atoms with E-state index in [0.29, 0.717) is 16.4 Å². The van der Waals surface area contributed by atoms with E-state index < -0.39 is 0 Å². The maximum atomic E-state index is 13.3. The van der Waals surface area contributed by atoms with Crippen molar-refractivity contribution in [3.8, 4) is 0 Å². The number of imidazole rings is 1. The van der Waals surface area contributed by atoms with Crippen LogP contribution in [0.4, 0.5) is 4.39 Å². The van der Waals surface area contributed by atoms with Crippen molar-refractivity contribution in [2.75, 3.05) is 7.05 Å². The van der Waals surface area contributed by atoms with Gasteiger partial charge in [-0.1, -0.05) is 11.6 Å². The lowest BCUT2D eigenvalue weighted by Gasteiger charge is -2.15. The van der Waals surface area contributed by atoms with Crippen LogP contribution in [0.2, 0.25) is 5.02 Å². The Morgan fingerprint density at radius 1 is 1.32 bits per heavy atom. The summed E-state index contributed by atoms with van der Waals surface area (Å²) >= 11 is 7.40. The van der Waals surface area contributed by atoms with E-state index in [2.05, 4.69) is 4.98 Å². The molecule has 7 heteroatoms. The van der Waals surface area contributed by atoms with Crippen LogP contribution < -0.4 is 0 Å². The zero-order valence-corrected chi connectivity index (χ0v) is 14.8. The van der Waals surface area contributed by atoms with Gasteiger partial charge in [0.15, 0.2) is 0 Å². The second-order valence-electron chi connectivity index (χ2n) is 5.78. The molecule has 3 aromatic heterocycles. The molecule has 1 aromatic carbocycles. The summed E-state index contributed by atoms with van der Waals surface area (Å²) < 4.78 is 16.1. The van der Waals surface area contributed by atoms with Crippen LogP contribution in [0.15, 0.2) is 48.8 Å². The van der Waals surface area contributed by atoms with E-state index in [4.69, 9.17) is 11.6 Å². The molecule has 0 fully saturated rings. The number of rotatable bonds is 3. The zero-order chi connectivity index (χ0) is 17.6. The Labute approximate surface area is 152 Å². The molecule has 4 aromatic rings. The molecule has 25 heavy (non-hydrogen) atoms. The van der Waals surface area contributed by atoms with Gasteiger partial charge in [0.2, 0.25) is 0 Å². The molecule has 4 rings (SSSR count). The SMILES string of the molecule is CN(Cc1cnc2ccc(Cl)cn12)C(=O)c1cc2cc(F)ccc2s1. The molecule has 3 heterocycles. The lowest BCUT2D eigenvalue weighted by Crippen LogP contribution is -2.26. The maximum absolute atomic E-state index is 13.3. The molecule has 0 aliphatic rings. The van der Waals surface area contributed by atoms with Gasteiger partial charge in [0.1, 0.15) is 11.5 Å². The van der Waals surface area contributed by atoms with Gasteiger partial charge in [-0.15, -0.1) is 11.3 Å². The summed E-state index contributed by atoms with van der Waals surface area (Å²) in [7, 11) is 1.73. The summed E-state index contributed by atoms with van der Waals surface area (Å²) in [5, 5.41) is 1.34. The topological polar surface area (TPSA) is 37.6 Å². The van der Waals surface area contributed by atoms with Gasteiger partial charge in [-0.25, -0.2) is 9.37 Å². The monoisotopic (exact) mass is 373 g/mol. The Morgan fingerprint density at radius 2 is 2.16 bits per heavy atom.